The van der Waals surface area contributed by atoms with E-state index in [4.69, 9.17) is 5.11 Å². The number of aliphatic hydroxyl groups excluding tert-OH is 1. The maximum absolute atomic E-state index is 12.5. The van der Waals surface area contributed by atoms with Crippen molar-refractivity contribution in [3.63, 3.8) is 0 Å². The predicted molar refractivity (Wildman–Crippen MR) is 37.9 cm³/mol. The van der Waals surface area contributed by atoms with Crippen LogP contribution in [-0.4, -0.2) is 41.1 Å². The van der Waals surface area contributed by atoms with Gasteiger partial charge in [0.25, 0.3) is 0 Å². The Labute approximate surface area is 69.0 Å². The molecule has 12 heavy (non-hydrogen) atoms. The van der Waals surface area contributed by atoms with Crippen molar-refractivity contribution < 1.29 is 19.1 Å². The molecule has 0 bridgehead atoms. The van der Waals surface area contributed by atoms with Gasteiger partial charge in [-0.3, -0.25) is 14.5 Å². The van der Waals surface area contributed by atoms with Crippen LogP contribution in [0.5, 0.6) is 0 Å². The van der Waals surface area contributed by atoms with Gasteiger partial charge in [-0.25, -0.2) is 4.39 Å². The molecule has 0 aromatic rings. The van der Waals surface area contributed by atoms with Gasteiger partial charge in [0, 0.05) is 12.8 Å². The Bertz CT molecular complexity index is 191. The Morgan fingerprint density at radius 2 is 1.92 bits per heavy atom. The summed E-state index contributed by atoms with van der Waals surface area (Å²) in [6, 6.07) is 0. The van der Waals surface area contributed by atoms with Crippen LogP contribution in [-0.2, 0) is 9.59 Å². The van der Waals surface area contributed by atoms with E-state index in [-0.39, 0.29) is 31.2 Å². The second kappa shape index (κ2) is 3.62. The van der Waals surface area contributed by atoms with Crippen LogP contribution < -0.4 is 0 Å². The number of carbonyl (C=O) groups excluding carboxylic acids is 2. The van der Waals surface area contributed by atoms with E-state index in [0.29, 0.717) is 0 Å². The molecule has 0 aromatic carbocycles. The number of imide groups is 1. The van der Waals surface area contributed by atoms with Crippen molar-refractivity contribution >= 4 is 11.8 Å². The number of nitrogens with zero attached hydrogens (tertiary/aromatic N) is 1. The monoisotopic (exact) mass is 175 g/mol. The smallest absolute Gasteiger partial charge is 0.229 e. The molecule has 1 N–H and O–H groups in total. The van der Waals surface area contributed by atoms with Gasteiger partial charge in [-0.2, -0.15) is 0 Å². The molecule has 1 unspecified atom stereocenters. The Hall–Kier alpha value is -0.970. The molecule has 4 nitrogen and oxygen atoms in total. The molecule has 0 aliphatic carbocycles. The third-order valence-corrected chi connectivity index (χ3v) is 1.73. The average Bonchev–Trinajstić information content (AvgIpc) is 2.35. The molecule has 1 rings (SSSR count). The summed E-state index contributed by atoms with van der Waals surface area (Å²) in [5, 5.41) is 8.34. The molecule has 1 atom stereocenters. The first-order valence-electron chi connectivity index (χ1n) is 3.73. The first-order valence-corrected chi connectivity index (χ1v) is 3.73. The first kappa shape index (κ1) is 9.12. The standard InChI is InChI=1S/C7H10FNO3/c8-5(4-10)3-9-6(11)1-2-7(9)12/h5,10H,1-4H2. The summed E-state index contributed by atoms with van der Waals surface area (Å²) in [6.45, 7) is -0.967. The lowest BCUT2D eigenvalue weighted by atomic mass is 10.4. The lowest BCUT2D eigenvalue weighted by Gasteiger charge is -2.14. The largest absolute Gasteiger partial charge is 0.393 e. The van der Waals surface area contributed by atoms with Gasteiger partial charge in [0.05, 0.1) is 13.2 Å². The van der Waals surface area contributed by atoms with E-state index in [2.05, 4.69) is 0 Å². The van der Waals surface area contributed by atoms with Crippen molar-refractivity contribution in [1.29, 1.82) is 0 Å². The lowest BCUT2D eigenvalue weighted by molar-refractivity contribution is -0.139. The van der Waals surface area contributed by atoms with Crippen molar-refractivity contribution in [1.82, 2.24) is 4.90 Å². The molecule has 5 heteroatoms. The van der Waals surface area contributed by atoms with Crippen LogP contribution in [0, 0.1) is 0 Å². The summed E-state index contributed by atoms with van der Waals surface area (Å²) in [6.07, 6.45) is -1.19. The molecule has 1 heterocycles. The van der Waals surface area contributed by atoms with E-state index < -0.39 is 12.8 Å². The lowest BCUT2D eigenvalue weighted by Crippen LogP contribution is -2.36. The van der Waals surface area contributed by atoms with Crippen molar-refractivity contribution in [2.45, 2.75) is 19.0 Å². The Kier molecular flexibility index (Phi) is 2.75. The number of halogens is 1. The minimum atomic E-state index is -1.52. The summed E-state index contributed by atoms with van der Waals surface area (Å²) < 4.78 is 12.5. The highest BCUT2D eigenvalue weighted by atomic mass is 19.1. The molecule has 68 valence electrons. The third kappa shape index (κ3) is 1.79. The van der Waals surface area contributed by atoms with Crippen LogP contribution in [0.1, 0.15) is 12.8 Å². The highest BCUT2D eigenvalue weighted by Crippen LogP contribution is 2.12. The molecule has 1 saturated heterocycles. The molecule has 1 fully saturated rings. The van der Waals surface area contributed by atoms with Crippen molar-refractivity contribution in [3.05, 3.63) is 0 Å². The Morgan fingerprint density at radius 1 is 1.42 bits per heavy atom. The number of rotatable bonds is 3. The van der Waals surface area contributed by atoms with Gasteiger partial charge >= 0.3 is 0 Å². The molecule has 1 aliphatic heterocycles. The molecule has 1 aliphatic rings. The number of amides is 2. The SMILES string of the molecule is O=C1CCC(=O)N1CC(F)CO. The summed E-state index contributed by atoms with van der Waals surface area (Å²) in [7, 11) is 0. The molecular formula is C7H10FNO3. The number of alkyl halides is 1. The van der Waals surface area contributed by atoms with Crippen LogP contribution in [0.15, 0.2) is 0 Å². The van der Waals surface area contributed by atoms with Crippen LogP contribution in [0.3, 0.4) is 0 Å². The zero-order chi connectivity index (χ0) is 9.14. The second-order valence-electron chi connectivity index (χ2n) is 2.68. The zero-order valence-corrected chi connectivity index (χ0v) is 6.49. The van der Waals surface area contributed by atoms with Crippen LogP contribution in [0.2, 0.25) is 0 Å². The fraction of sp³-hybridized carbons (Fsp3) is 0.714. The minimum Gasteiger partial charge on any atom is -0.393 e. The van der Waals surface area contributed by atoms with Crippen molar-refractivity contribution in [2.75, 3.05) is 13.2 Å². The highest BCUT2D eigenvalue weighted by molar-refractivity contribution is 6.01. The summed E-state index contributed by atoms with van der Waals surface area (Å²) in [5.74, 6) is -0.702. The molecule has 0 aromatic heterocycles. The van der Waals surface area contributed by atoms with Crippen molar-refractivity contribution in [3.8, 4) is 0 Å². The van der Waals surface area contributed by atoms with E-state index >= 15 is 0 Å². The van der Waals surface area contributed by atoms with Crippen LogP contribution in [0.4, 0.5) is 4.39 Å². The molecule has 0 spiro atoms. The van der Waals surface area contributed by atoms with Gasteiger partial charge < -0.3 is 5.11 Å². The summed E-state index contributed by atoms with van der Waals surface area (Å²) in [5.41, 5.74) is 0. The van der Waals surface area contributed by atoms with Crippen LogP contribution >= 0.6 is 0 Å². The minimum absolute atomic E-state index is 0.164. The van der Waals surface area contributed by atoms with Gasteiger partial charge in [-0.1, -0.05) is 0 Å². The fourth-order valence-electron chi connectivity index (χ4n) is 1.08. The van der Waals surface area contributed by atoms with Gasteiger partial charge in [0.15, 0.2) is 0 Å². The van der Waals surface area contributed by atoms with E-state index in [9.17, 15) is 14.0 Å². The number of hydrogen-bond acceptors (Lipinski definition) is 3. The topological polar surface area (TPSA) is 57.6 Å². The maximum Gasteiger partial charge on any atom is 0.229 e. The van der Waals surface area contributed by atoms with Gasteiger partial charge in [-0.15, -0.1) is 0 Å². The van der Waals surface area contributed by atoms with Gasteiger partial charge in [0.1, 0.15) is 6.17 Å². The highest BCUT2D eigenvalue weighted by Gasteiger charge is 2.30. The maximum atomic E-state index is 12.5. The number of carbonyl (C=O) groups is 2. The third-order valence-electron chi connectivity index (χ3n) is 1.73. The van der Waals surface area contributed by atoms with Gasteiger partial charge in [-0.05, 0) is 0 Å². The number of hydrogen-bond donors (Lipinski definition) is 1. The Morgan fingerprint density at radius 3 is 2.33 bits per heavy atom. The molecule has 2 amide bonds. The normalized spacial score (nSPS) is 20.3. The second-order valence-corrected chi connectivity index (χ2v) is 2.68. The van der Waals surface area contributed by atoms with E-state index in [1.54, 1.807) is 0 Å². The van der Waals surface area contributed by atoms with E-state index in [1.807, 2.05) is 0 Å². The molecule has 0 saturated carbocycles. The number of likely N-dealkylation sites (tertiary alicyclic amines) is 1. The average molecular weight is 175 g/mol. The van der Waals surface area contributed by atoms with Crippen molar-refractivity contribution in [2.24, 2.45) is 0 Å². The van der Waals surface area contributed by atoms with Gasteiger partial charge in [0.2, 0.25) is 11.8 Å². The summed E-state index contributed by atoms with van der Waals surface area (Å²) >= 11 is 0. The first-order chi connectivity index (χ1) is 5.65. The van der Waals surface area contributed by atoms with E-state index in [0.717, 1.165) is 4.90 Å². The van der Waals surface area contributed by atoms with E-state index in [1.165, 1.54) is 0 Å². The quantitative estimate of drug-likeness (QED) is 0.586. The Balaban J connectivity index is 2.50. The molecular weight excluding hydrogens is 165 g/mol. The van der Waals surface area contributed by atoms with Crippen LogP contribution in [0.25, 0.3) is 0 Å². The predicted octanol–water partition coefficient (Wildman–Crippen LogP) is -0.534. The zero-order valence-electron chi connectivity index (χ0n) is 6.49. The summed E-state index contributed by atoms with van der Waals surface area (Å²) in [4.78, 5) is 22.6. The molecule has 0 radical (unpaired) electrons. The number of aliphatic hydroxyl groups is 1. The fourth-order valence-corrected chi connectivity index (χ4v) is 1.08.